The Hall–Kier alpha value is -3.49. The molecule has 1 aliphatic heterocycles. The minimum absolute atomic E-state index is 0.0371. The van der Waals surface area contributed by atoms with Crippen LogP contribution in [0, 0.1) is 11.6 Å². The van der Waals surface area contributed by atoms with E-state index in [4.69, 9.17) is 0 Å². The molecule has 1 atom stereocenters. The number of fused-ring (bicyclic) bond motifs is 1. The Bertz CT molecular complexity index is 1290. The average molecular weight is 487 g/mol. The van der Waals surface area contributed by atoms with Crippen LogP contribution in [0.5, 0.6) is 0 Å². The molecule has 3 aromatic rings. The first-order valence-electron chi connectivity index (χ1n) is 11.3. The third kappa shape index (κ3) is 4.72. The molecule has 0 saturated heterocycles. The van der Waals surface area contributed by atoms with Crippen molar-refractivity contribution in [3.05, 3.63) is 76.1 Å². The second kappa shape index (κ2) is 9.28. The highest BCUT2D eigenvalue weighted by Gasteiger charge is 2.30. The molecule has 0 radical (unpaired) electrons. The predicted molar refractivity (Wildman–Crippen MR) is 125 cm³/mol. The number of carbonyl (C=O) groups is 1. The Morgan fingerprint density at radius 3 is 2.54 bits per heavy atom. The van der Waals surface area contributed by atoms with Gasteiger partial charge in [-0.3, -0.25) is 4.79 Å². The number of anilines is 1. The van der Waals surface area contributed by atoms with Crippen LogP contribution in [-0.2, 0) is 18.9 Å². The molecule has 1 aromatic carbocycles. The highest BCUT2D eigenvalue weighted by atomic mass is 19.1. The molecule has 2 aromatic heterocycles. The Kier molecular flexibility index (Phi) is 6.53. The van der Waals surface area contributed by atoms with E-state index in [0.29, 0.717) is 30.0 Å². The molecule has 0 saturated carbocycles. The summed E-state index contributed by atoms with van der Waals surface area (Å²) in [5, 5.41) is 3.09. The zero-order valence-electron chi connectivity index (χ0n) is 19.9. The van der Waals surface area contributed by atoms with Gasteiger partial charge in [-0.2, -0.15) is 0 Å². The van der Waals surface area contributed by atoms with Crippen molar-refractivity contribution in [2.24, 2.45) is 0 Å². The third-order valence-corrected chi connectivity index (χ3v) is 6.19. The summed E-state index contributed by atoms with van der Waals surface area (Å²) in [6.07, 6.45) is 1.50. The van der Waals surface area contributed by atoms with Crippen LogP contribution in [0.4, 0.5) is 23.4 Å². The molecule has 0 fully saturated rings. The molecule has 1 N–H and O–H groups in total. The number of hydrogen-bond donors (Lipinski definition) is 1. The summed E-state index contributed by atoms with van der Waals surface area (Å²) in [6, 6.07) is 5.55. The first-order chi connectivity index (χ1) is 16.5. The number of alkyl halides is 2. The SMILES string of the molecule is CCN1Cc2c(ccnc2NC(C)c2cc(F)c(-c3cc(C(C)(C)F)cc(CF)n3)cc2F)C1=O. The Morgan fingerprint density at radius 2 is 1.89 bits per heavy atom. The Morgan fingerprint density at radius 1 is 1.14 bits per heavy atom. The molecule has 0 spiro atoms. The fourth-order valence-electron chi connectivity index (χ4n) is 4.18. The van der Waals surface area contributed by atoms with Crippen LogP contribution in [0.25, 0.3) is 11.3 Å². The maximum atomic E-state index is 15.2. The summed E-state index contributed by atoms with van der Waals surface area (Å²) >= 11 is 0. The van der Waals surface area contributed by atoms with E-state index in [1.807, 2.05) is 6.92 Å². The van der Waals surface area contributed by atoms with Gasteiger partial charge in [0.15, 0.2) is 0 Å². The molecule has 35 heavy (non-hydrogen) atoms. The number of nitrogens with zero attached hydrogens (tertiary/aromatic N) is 3. The largest absolute Gasteiger partial charge is 0.363 e. The third-order valence-electron chi connectivity index (χ3n) is 6.19. The first-order valence-corrected chi connectivity index (χ1v) is 11.3. The average Bonchev–Trinajstić information content (AvgIpc) is 3.16. The van der Waals surface area contributed by atoms with Crippen molar-refractivity contribution >= 4 is 11.7 Å². The molecule has 1 unspecified atom stereocenters. The Balaban J connectivity index is 1.67. The molecule has 9 heteroatoms. The summed E-state index contributed by atoms with van der Waals surface area (Å²) in [5.74, 6) is -1.16. The minimum atomic E-state index is -1.81. The van der Waals surface area contributed by atoms with Gasteiger partial charge >= 0.3 is 0 Å². The number of pyridine rings is 2. The van der Waals surface area contributed by atoms with Gasteiger partial charge in [-0.15, -0.1) is 0 Å². The lowest BCUT2D eigenvalue weighted by Gasteiger charge is -2.19. The van der Waals surface area contributed by atoms with E-state index in [-0.39, 0.29) is 34.0 Å². The van der Waals surface area contributed by atoms with Crippen LogP contribution in [-0.4, -0.2) is 27.3 Å². The normalized spacial score (nSPS) is 14.3. The van der Waals surface area contributed by atoms with Gasteiger partial charge in [-0.25, -0.2) is 27.5 Å². The molecular weight excluding hydrogens is 460 g/mol. The number of carbonyl (C=O) groups excluding carboxylic acids is 1. The van der Waals surface area contributed by atoms with E-state index < -0.39 is 30.0 Å². The highest BCUT2D eigenvalue weighted by Crippen LogP contribution is 2.34. The molecule has 4 rings (SSSR count). The number of amides is 1. The number of nitrogens with one attached hydrogen (secondary N) is 1. The zero-order chi connectivity index (χ0) is 25.5. The van der Waals surface area contributed by atoms with Gasteiger partial charge in [0.25, 0.3) is 5.91 Å². The first kappa shape index (κ1) is 24.6. The highest BCUT2D eigenvalue weighted by molar-refractivity contribution is 5.99. The van der Waals surface area contributed by atoms with E-state index in [2.05, 4.69) is 15.3 Å². The molecule has 1 aliphatic rings. The van der Waals surface area contributed by atoms with Crippen molar-refractivity contribution < 1.29 is 22.4 Å². The molecule has 1 amide bonds. The van der Waals surface area contributed by atoms with Crippen LogP contribution in [0.15, 0.2) is 36.5 Å². The number of hydrogen-bond acceptors (Lipinski definition) is 4. The van der Waals surface area contributed by atoms with Crippen LogP contribution in [0.2, 0.25) is 0 Å². The van der Waals surface area contributed by atoms with Crippen molar-refractivity contribution in [3.63, 3.8) is 0 Å². The number of halogens is 4. The van der Waals surface area contributed by atoms with Crippen LogP contribution >= 0.6 is 0 Å². The van der Waals surface area contributed by atoms with Gasteiger partial charge in [0.1, 0.15) is 29.8 Å². The zero-order valence-corrected chi connectivity index (χ0v) is 19.9. The molecule has 0 bridgehead atoms. The van der Waals surface area contributed by atoms with Crippen molar-refractivity contribution in [1.29, 1.82) is 0 Å². The maximum Gasteiger partial charge on any atom is 0.254 e. The lowest BCUT2D eigenvalue weighted by atomic mass is 9.96. The van der Waals surface area contributed by atoms with E-state index in [1.54, 1.807) is 17.9 Å². The molecule has 5 nitrogen and oxygen atoms in total. The topological polar surface area (TPSA) is 58.1 Å². The van der Waals surface area contributed by atoms with Gasteiger partial charge in [0.05, 0.1) is 24.0 Å². The quantitative estimate of drug-likeness (QED) is 0.402. The smallest absolute Gasteiger partial charge is 0.254 e. The second-order valence-corrected chi connectivity index (χ2v) is 9.06. The van der Waals surface area contributed by atoms with E-state index in [9.17, 15) is 13.6 Å². The fourth-order valence-corrected chi connectivity index (χ4v) is 4.18. The van der Waals surface area contributed by atoms with Gasteiger partial charge < -0.3 is 10.2 Å². The summed E-state index contributed by atoms with van der Waals surface area (Å²) in [4.78, 5) is 22.4. The van der Waals surface area contributed by atoms with Gasteiger partial charge in [0, 0.05) is 35.0 Å². The maximum absolute atomic E-state index is 15.2. The van der Waals surface area contributed by atoms with Gasteiger partial charge in [0.2, 0.25) is 0 Å². The summed E-state index contributed by atoms with van der Waals surface area (Å²) in [6.45, 7) is 6.08. The lowest BCUT2D eigenvalue weighted by molar-refractivity contribution is 0.0787. The van der Waals surface area contributed by atoms with Crippen molar-refractivity contribution in [1.82, 2.24) is 14.9 Å². The van der Waals surface area contributed by atoms with Crippen LogP contribution < -0.4 is 5.32 Å². The second-order valence-electron chi connectivity index (χ2n) is 9.06. The van der Waals surface area contributed by atoms with E-state index in [1.165, 1.54) is 32.2 Å². The van der Waals surface area contributed by atoms with Crippen LogP contribution in [0.3, 0.4) is 0 Å². The molecule has 0 aliphatic carbocycles. The number of rotatable bonds is 7. The Labute approximate surface area is 201 Å². The van der Waals surface area contributed by atoms with Gasteiger partial charge in [-0.1, -0.05) is 0 Å². The van der Waals surface area contributed by atoms with E-state index >= 15 is 8.78 Å². The van der Waals surface area contributed by atoms with Gasteiger partial charge in [-0.05, 0) is 63.6 Å². The van der Waals surface area contributed by atoms with Crippen molar-refractivity contribution in [2.45, 2.75) is 52.6 Å². The molecular formula is C26H26F4N4O. The number of benzene rings is 1. The van der Waals surface area contributed by atoms with Crippen molar-refractivity contribution in [3.8, 4) is 11.3 Å². The fraction of sp³-hybridized carbons (Fsp3) is 0.346. The summed E-state index contributed by atoms with van der Waals surface area (Å²) < 4.78 is 58.2. The standard InChI is InChI=1S/C26H26F4N4O/c1-5-34-13-20-17(25(34)35)6-7-31-24(20)32-14(2)18-10-22(29)19(11-21(18)28)23-9-15(26(3,4)30)8-16(12-27)33-23/h6-11,14H,5,12-13H2,1-4H3,(H,31,32). The van der Waals surface area contributed by atoms with Crippen LogP contribution in [0.1, 0.15) is 66.5 Å². The number of aromatic nitrogens is 2. The summed E-state index contributed by atoms with van der Waals surface area (Å²) in [5.41, 5.74) is -0.730. The lowest BCUT2D eigenvalue weighted by Crippen LogP contribution is -2.22. The molecule has 184 valence electrons. The monoisotopic (exact) mass is 486 g/mol. The van der Waals surface area contributed by atoms with Crippen molar-refractivity contribution in [2.75, 3.05) is 11.9 Å². The predicted octanol–water partition coefficient (Wildman–Crippen LogP) is 6.24. The minimum Gasteiger partial charge on any atom is -0.363 e. The molecule has 3 heterocycles. The van der Waals surface area contributed by atoms with E-state index in [0.717, 1.165) is 12.1 Å². The summed E-state index contributed by atoms with van der Waals surface area (Å²) in [7, 11) is 0.